The maximum Gasteiger partial charge on any atom is 0.336 e. The van der Waals surface area contributed by atoms with Crippen LogP contribution in [0.5, 0.6) is 0 Å². The molecule has 2 rings (SSSR count). The Morgan fingerprint density at radius 2 is 2.05 bits per heavy atom. The van der Waals surface area contributed by atoms with E-state index in [2.05, 4.69) is 0 Å². The van der Waals surface area contributed by atoms with Gasteiger partial charge in [0.15, 0.2) is 0 Å². The van der Waals surface area contributed by atoms with Crippen LogP contribution in [0.4, 0.5) is 0 Å². The minimum Gasteiger partial charge on any atom is -0.478 e. The van der Waals surface area contributed by atoms with E-state index in [1.54, 1.807) is 0 Å². The lowest BCUT2D eigenvalue weighted by atomic mass is 10.1. The molecule has 1 fully saturated rings. The lowest BCUT2D eigenvalue weighted by Crippen LogP contribution is -2.34. The summed E-state index contributed by atoms with van der Waals surface area (Å²) in [5.41, 5.74) is 0.155. The third-order valence-corrected chi connectivity index (χ3v) is 5.84. The maximum absolute atomic E-state index is 12.8. The average molecular weight is 332 g/mol. The number of benzene rings is 1. The Morgan fingerprint density at radius 3 is 2.52 bits per heavy atom. The Labute approximate surface area is 129 Å². The molecule has 21 heavy (non-hydrogen) atoms. The number of rotatable bonds is 6. The summed E-state index contributed by atoms with van der Waals surface area (Å²) in [4.78, 5) is 11.2. The normalized spacial score (nSPS) is 15.4. The molecule has 1 aliphatic rings. The van der Waals surface area contributed by atoms with Crippen molar-refractivity contribution in [2.45, 2.75) is 44.0 Å². The highest BCUT2D eigenvalue weighted by Crippen LogP contribution is 2.34. The predicted molar refractivity (Wildman–Crippen MR) is 80.4 cm³/mol. The van der Waals surface area contributed by atoms with Crippen LogP contribution in [0.2, 0.25) is 5.02 Å². The minimum atomic E-state index is -3.72. The van der Waals surface area contributed by atoms with Gasteiger partial charge in [-0.1, -0.05) is 18.5 Å². The zero-order chi connectivity index (χ0) is 15.8. The molecule has 0 unspecified atom stereocenters. The Kier molecular flexibility index (Phi) is 4.60. The SMILES string of the molecule is CCCN(C1CC1)S(=O)(=O)c1cc(Cl)cc(C(=O)O)c1C. The van der Waals surface area contributed by atoms with Gasteiger partial charge in [0.2, 0.25) is 10.0 Å². The van der Waals surface area contributed by atoms with Crippen LogP contribution >= 0.6 is 11.6 Å². The van der Waals surface area contributed by atoms with Crippen LogP contribution in [0.1, 0.15) is 42.1 Å². The van der Waals surface area contributed by atoms with Gasteiger partial charge in [0, 0.05) is 17.6 Å². The van der Waals surface area contributed by atoms with E-state index in [-0.39, 0.29) is 27.1 Å². The number of carboxylic acid groups (broad SMARTS) is 1. The predicted octanol–water partition coefficient (Wildman–Crippen LogP) is 2.91. The molecule has 1 N–H and O–H groups in total. The van der Waals surface area contributed by atoms with Crippen molar-refractivity contribution < 1.29 is 18.3 Å². The highest BCUT2D eigenvalue weighted by molar-refractivity contribution is 7.89. The van der Waals surface area contributed by atoms with Crippen molar-refractivity contribution in [3.63, 3.8) is 0 Å². The van der Waals surface area contributed by atoms with E-state index in [9.17, 15) is 18.3 Å². The molecule has 0 spiro atoms. The summed E-state index contributed by atoms with van der Waals surface area (Å²) < 4.78 is 27.1. The van der Waals surface area contributed by atoms with Crippen molar-refractivity contribution in [3.05, 3.63) is 28.3 Å². The minimum absolute atomic E-state index is 0.00671. The quantitative estimate of drug-likeness (QED) is 0.869. The Morgan fingerprint density at radius 1 is 1.43 bits per heavy atom. The van der Waals surface area contributed by atoms with Crippen molar-refractivity contribution in [3.8, 4) is 0 Å². The van der Waals surface area contributed by atoms with E-state index < -0.39 is 16.0 Å². The van der Waals surface area contributed by atoms with Gasteiger partial charge in [0.1, 0.15) is 0 Å². The fourth-order valence-corrected chi connectivity index (χ4v) is 4.69. The fourth-order valence-electron chi connectivity index (χ4n) is 2.35. The van der Waals surface area contributed by atoms with Gasteiger partial charge >= 0.3 is 5.97 Å². The number of sulfonamides is 1. The zero-order valence-electron chi connectivity index (χ0n) is 12.0. The number of carboxylic acids is 1. The molecule has 0 atom stereocenters. The van der Waals surface area contributed by atoms with Gasteiger partial charge in [-0.3, -0.25) is 0 Å². The first-order chi connectivity index (χ1) is 9.78. The molecular formula is C14H18ClNO4S. The van der Waals surface area contributed by atoms with Gasteiger partial charge in [0.25, 0.3) is 0 Å². The van der Waals surface area contributed by atoms with Crippen LogP contribution in [0.3, 0.4) is 0 Å². The molecule has 0 saturated heterocycles. The topological polar surface area (TPSA) is 74.7 Å². The summed E-state index contributed by atoms with van der Waals surface area (Å²) in [7, 11) is -3.72. The number of hydrogen-bond acceptors (Lipinski definition) is 3. The van der Waals surface area contributed by atoms with Crippen LogP contribution in [0.25, 0.3) is 0 Å². The van der Waals surface area contributed by atoms with Gasteiger partial charge < -0.3 is 5.11 Å². The molecule has 5 nitrogen and oxygen atoms in total. The molecule has 0 heterocycles. The van der Waals surface area contributed by atoms with Crippen LogP contribution in [0, 0.1) is 6.92 Å². The van der Waals surface area contributed by atoms with Gasteiger partial charge in [-0.15, -0.1) is 0 Å². The van der Waals surface area contributed by atoms with E-state index >= 15 is 0 Å². The van der Waals surface area contributed by atoms with Crippen LogP contribution in [0.15, 0.2) is 17.0 Å². The molecular weight excluding hydrogens is 314 g/mol. The first-order valence-corrected chi connectivity index (χ1v) is 8.66. The third kappa shape index (κ3) is 3.22. The monoisotopic (exact) mass is 331 g/mol. The molecule has 0 bridgehead atoms. The van der Waals surface area contributed by atoms with Gasteiger partial charge in [-0.2, -0.15) is 4.31 Å². The van der Waals surface area contributed by atoms with E-state index in [0.29, 0.717) is 13.0 Å². The Bertz CT molecular complexity index is 668. The van der Waals surface area contributed by atoms with Crippen molar-refractivity contribution >= 4 is 27.6 Å². The zero-order valence-corrected chi connectivity index (χ0v) is 13.5. The van der Waals surface area contributed by atoms with Crippen LogP contribution in [-0.4, -0.2) is 36.4 Å². The van der Waals surface area contributed by atoms with Crippen molar-refractivity contribution in [1.29, 1.82) is 0 Å². The number of carbonyl (C=O) groups is 1. The molecule has 1 saturated carbocycles. The van der Waals surface area contributed by atoms with Crippen molar-refractivity contribution in [2.24, 2.45) is 0 Å². The second-order valence-electron chi connectivity index (χ2n) is 5.23. The Hall–Kier alpha value is -1.11. The summed E-state index contributed by atoms with van der Waals surface area (Å²) in [5.74, 6) is -1.18. The molecule has 1 aromatic rings. The fraction of sp³-hybridized carbons (Fsp3) is 0.500. The summed E-state index contributed by atoms with van der Waals surface area (Å²) in [6.45, 7) is 3.85. The van der Waals surface area contributed by atoms with Crippen LogP contribution < -0.4 is 0 Å². The molecule has 0 aromatic heterocycles. The molecule has 0 radical (unpaired) electrons. The first-order valence-electron chi connectivity index (χ1n) is 6.84. The van der Waals surface area contributed by atoms with Crippen LogP contribution in [-0.2, 0) is 10.0 Å². The van der Waals surface area contributed by atoms with Crippen molar-refractivity contribution in [2.75, 3.05) is 6.54 Å². The van der Waals surface area contributed by atoms with E-state index in [1.807, 2.05) is 6.92 Å². The lowest BCUT2D eigenvalue weighted by Gasteiger charge is -2.23. The standard InChI is InChI=1S/C14H18ClNO4S/c1-3-6-16(11-4-5-11)21(19,20)13-8-10(15)7-12(9(13)2)14(17)18/h7-8,11H,3-6H2,1-2H3,(H,17,18). The van der Waals surface area contributed by atoms with Crippen molar-refractivity contribution in [1.82, 2.24) is 4.31 Å². The second kappa shape index (κ2) is 5.94. The Balaban J connectivity index is 2.56. The summed E-state index contributed by atoms with van der Waals surface area (Å²) in [6, 6.07) is 2.64. The molecule has 0 aliphatic heterocycles. The molecule has 1 aliphatic carbocycles. The third-order valence-electron chi connectivity index (χ3n) is 3.54. The first kappa shape index (κ1) is 16.3. The molecule has 0 amide bonds. The summed E-state index contributed by atoms with van der Waals surface area (Å²) in [5, 5.41) is 9.29. The number of aromatic carboxylic acids is 1. The molecule has 1 aromatic carbocycles. The number of hydrogen-bond donors (Lipinski definition) is 1. The largest absolute Gasteiger partial charge is 0.478 e. The van der Waals surface area contributed by atoms with E-state index in [1.165, 1.54) is 23.4 Å². The van der Waals surface area contributed by atoms with Gasteiger partial charge in [-0.05, 0) is 43.9 Å². The highest BCUT2D eigenvalue weighted by atomic mass is 35.5. The molecule has 7 heteroatoms. The summed E-state index contributed by atoms with van der Waals surface area (Å²) >= 11 is 5.90. The van der Waals surface area contributed by atoms with Gasteiger partial charge in [-0.25, -0.2) is 13.2 Å². The summed E-state index contributed by atoms with van der Waals surface area (Å²) in [6.07, 6.45) is 2.41. The lowest BCUT2D eigenvalue weighted by molar-refractivity contribution is 0.0696. The molecule has 116 valence electrons. The van der Waals surface area contributed by atoms with E-state index in [4.69, 9.17) is 11.6 Å². The number of nitrogens with zero attached hydrogens (tertiary/aromatic N) is 1. The maximum atomic E-state index is 12.8. The number of halogens is 1. The van der Waals surface area contributed by atoms with E-state index in [0.717, 1.165) is 12.8 Å². The average Bonchev–Trinajstić information content (AvgIpc) is 3.21. The van der Waals surface area contributed by atoms with Gasteiger partial charge in [0.05, 0.1) is 10.5 Å². The smallest absolute Gasteiger partial charge is 0.336 e. The second-order valence-corrected chi connectivity index (χ2v) is 7.52. The highest BCUT2D eigenvalue weighted by Gasteiger charge is 2.38.